The zero-order chi connectivity index (χ0) is 37.0. The van der Waals surface area contributed by atoms with E-state index < -0.39 is 17.9 Å². The molecule has 1 heterocycles. The summed E-state index contributed by atoms with van der Waals surface area (Å²) in [4.78, 5) is 46.7. The Kier molecular flexibility index (Phi) is 13.7. The Morgan fingerprint density at radius 2 is 1.67 bits per heavy atom. The van der Waals surface area contributed by atoms with Crippen LogP contribution in [0, 0.1) is 3.57 Å². The third-order valence-corrected chi connectivity index (χ3v) is 9.71. The van der Waals surface area contributed by atoms with Crippen molar-refractivity contribution in [2.75, 3.05) is 12.9 Å². The molecular formula is C41H35ClIN3O5S. The zero-order valence-corrected chi connectivity index (χ0v) is 32.2. The maximum Gasteiger partial charge on any atom is 0.285 e. The van der Waals surface area contributed by atoms with Gasteiger partial charge in [0.15, 0.2) is 16.7 Å². The first-order valence-corrected chi connectivity index (χ1v) is 18.6. The molecule has 0 bridgehead atoms. The van der Waals surface area contributed by atoms with Crippen LogP contribution in [-0.2, 0) is 21.0 Å². The van der Waals surface area contributed by atoms with E-state index in [4.69, 9.17) is 21.1 Å². The van der Waals surface area contributed by atoms with Crippen LogP contribution in [-0.4, -0.2) is 40.7 Å². The first-order valence-electron chi connectivity index (χ1n) is 16.1. The average Bonchev–Trinajstić information content (AvgIpc) is 3.16. The summed E-state index contributed by atoms with van der Waals surface area (Å²) < 4.78 is 12.7. The summed E-state index contributed by atoms with van der Waals surface area (Å²) in [6, 6.07) is 30.0. The Labute approximate surface area is 326 Å². The minimum absolute atomic E-state index is 0.0649. The highest BCUT2D eigenvalue weighted by Crippen LogP contribution is 2.38. The summed E-state index contributed by atoms with van der Waals surface area (Å²) in [6.07, 6.45) is 8.04. The lowest BCUT2D eigenvalue weighted by Gasteiger charge is -2.28. The van der Waals surface area contributed by atoms with Gasteiger partial charge in [-0.15, -0.1) is 0 Å². The minimum Gasteiger partial charge on any atom is -0.493 e. The van der Waals surface area contributed by atoms with Crippen molar-refractivity contribution in [1.82, 2.24) is 10.2 Å². The fourth-order valence-electron chi connectivity index (χ4n) is 5.26. The Hall–Kier alpha value is -4.91. The normalized spacial score (nSPS) is 14.2. The predicted molar refractivity (Wildman–Crippen MR) is 217 cm³/mol. The lowest BCUT2D eigenvalue weighted by Crippen LogP contribution is -2.42. The van der Waals surface area contributed by atoms with Gasteiger partial charge in [0.1, 0.15) is 12.2 Å². The number of thioether (sulfide) groups is 1. The average molecular weight is 844 g/mol. The molecule has 1 aliphatic rings. The molecule has 264 valence electrons. The summed E-state index contributed by atoms with van der Waals surface area (Å²) >= 11 is 9.88. The summed E-state index contributed by atoms with van der Waals surface area (Å²) in [5, 5.41) is 3.40. The fraction of sp³-hybridized carbons (Fsp3) is 0.122. The number of amidine groups is 1. The van der Waals surface area contributed by atoms with Crippen LogP contribution in [0.4, 0.5) is 0 Å². The van der Waals surface area contributed by atoms with Crippen LogP contribution in [0.1, 0.15) is 35.2 Å². The van der Waals surface area contributed by atoms with Gasteiger partial charge in [0.05, 0.1) is 23.9 Å². The van der Waals surface area contributed by atoms with Crippen LogP contribution < -0.4 is 14.8 Å². The third-order valence-electron chi connectivity index (χ3n) is 7.77. The SMILES string of the molecule is C=C/C=C\C(=C/C)N1C(=O)/C(=C/c2cc(Cl)c(OCc3ccc(I)cc3)c(OC)c2)C(=O)N=C1SCC(=O)NC(c1ccccc1)c1ccccc1. The predicted octanol–water partition coefficient (Wildman–Crippen LogP) is 8.93. The summed E-state index contributed by atoms with van der Waals surface area (Å²) in [5.74, 6) is -1.13. The smallest absolute Gasteiger partial charge is 0.285 e. The first-order chi connectivity index (χ1) is 25.2. The Bertz CT molecular complexity index is 2030. The molecule has 4 aromatic carbocycles. The standard InChI is InChI=1S/C41H35ClIN3O5S/c1-4-6-17-32(5-2)46-40(49)33(22-28-23-34(42)38(35(24-28)50-3)51-25-27-18-20-31(43)21-19-27)39(48)45-41(46)52-26-36(47)44-37(29-13-9-7-10-14-29)30-15-11-8-12-16-30/h4-24,37H,1,25-26H2,2-3H3,(H,44,47)/b17-6-,32-5+,33-22+. The summed E-state index contributed by atoms with van der Waals surface area (Å²) in [5.41, 5.74) is 3.45. The van der Waals surface area contributed by atoms with E-state index in [-0.39, 0.29) is 34.0 Å². The van der Waals surface area contributed by atoms with Gasteiger partial charge in [-0.2, -0.15) is 4.99 Å². The zero-order valence-electron chi connectivity index (χ0n) is 28.4. The van der Waals surface area contributed by atoms with Gasteiger partial charge in [-0.3, -0.25) is 19.3 Å². The van der Waals surface area contributed by atoms with Gasteiger partial charge in [0, 0.05) is 9.27 Å². The van der Waals surface area contributed by atoms with Gasteiger partial charge in [-0.1, -0.05) is 121 Å². The number of ether oxygens (including phenoxy) is 2. The molecule has 0 fully saturated rings. The lowest BCUT2D eigenvalue weighted by atomic mass is 9.99. The quantitative estimate of drug-likeness (QED) is 0.0626. The first kappa shape index (κ1) is 38.3. The van der Waals surface area contributed by atoms with Crippen LogP contribution in [0.25, 0.3) is 6.08 Å². The number of hydrogen-bond acceptors (Lipinski definition) is 6. The topological polar surface area (TPSA) is 97.3 Å². The Balaban J connectivity index is 1.41. The molecule has 4 aromatic rings. The number of rotatable bonds is 13. The highest BCUT2D eigenvalue weighted by Gasteiger charge is 2.35. The number of hydrogen-bond donors (Lipinski definition) is 1. The van der Waals surface area contributed by atoms with Gasteiger partial charge in [0.25, 0.3) is 11.8 Å². The second-order valence-electron chi connectivity index (χ2n) is 11.3. The number of carbonyl (C=O) groups excluding carboxylic acids is 3. The van der Waals surface area contributed by atoms with E-state index >= 15 is 0 Å². The van der Waals surface area contributed by atoms with E-state index in [1.807, 2.05) is 84.9 Å². The van der Waals surface area contributed by atoms with Crippen molar-refractivity contribution >= 4 is 74.9 Å². The van der Waals surface area contributed by atoms with Crippen LogP contribution >= 0.6 is 46.0 Å². The fourth-order valence-corrected chi connectivity index (χ4v) is 6.70. The molecule has 0 aromatic heterocycles. The number of methoxy groups -OCH3 is 1. The van der Waals surface area contributed by atoms with E-state index in [0.29, 0.717) is 22.8 Å². The maximum absolute atomic E-state index is 14.1. The number of carbonyl (C=O) groups is 3. The number of nitrogens with one attached hydrogen (secondary N) is 1. The van der Waals surface area contributed by atoms with Gasteiger partial charge in [-0.25, -0.2) is 0 Å². The number of amides is 3. The molecule has 1 N–H and O–H groups in total. The largest absolute Gasteiger partial charge is 0.493 e. The number of aliphatic imine (C=N–C) groups is 1. The maximum atomic E-state index is 14.1. The number of nitrogens with zero attached hydrogens (tertiary/aromatic N) is 2. The van der Waals surface area contributed by atoms with Gasteiger partial charge in [-0.05, 0) is 88.2 Å². The van der Waals surface area contributed by atoms with E-state index in [2.05, 4.69) is 39.5 Å². The molecule has 0 atom stereocenters. The number of benzene rings is 4. The van der Waals surface area contributed by atoms with Gasteiger partial charge < -0.3 is 14.8 Å². The monoisotopic (exact) mass is 843 g/mol. The molecule has 0 spiro atoms. The third kappa shape index (κ3) is 9.69. The number of halogens is 2. The molecule has 0 saturated carbocycles. The molecule has 0 aliphatic carbocycles. The van der Waals surface area contributed by atoms with Crippen molar-refractivity contribution in [3.05, 3.63) is 170 Å². The highest BCUT2D eigenvalue weighted by molar-refractivity contribution is 14.1. The van der Waals surface area contributed by atoms with Crippen molar-refractivity contribution in [2.24, 2.45) is 4.99 Å². The van der Waals surface area contributed by atoms with E-state index in [0.717, 1.165) is 32.0 Å². The summed E-state index contributed by atoms with van der Waals surface area (Å²) in [7, 11) is 1.48. The van der Waals surface area contributed by atoms with Crippen molar-refractivity contribution in [3.8, 4) is 11.5 Å². The number of allylic oxidation sites excluding steroid dienone is 4. The van der Waals surface area contributed by atoms with Crippen LogP contribution in [0.15, 0.2) is 144 Å². The molecule has 11 heteroatoms. The Morgan fingerprint density at radius 3 is 2.27 bits per heavy atom. The molecule has 52 heavy (non-hydrogen) atoms. The summed E-state index contributed by atoms with van der Waals surface area (Å²) in [6.45, 7) is 5.75. The van der Waals surface area contributed by atoms with Crippen LogP contribution in [0.5, 0.6) is 11.5 Å². The van der Waals surface area contributed by atoms with E-state index in [1.54, 1.807) is 43.4 Å². The van der Waals surface area contributed by atoms with Gasteiger partial charge in [0.2, 0.25) is 5.91 Å². The van der Waals surface area contributed by atoms with E-state index in [9.17, 15) is 14.4 Å². The second-order valence-corrected chi connectivity index (χ2v) is 13.9. The molecule has 3 amide bonds. The lowest BCUT2D eigenvalue weighted by molar-refractivity contribution is -0.126. The minimum atomic E-state index is -0.757. The van der Waals surface area contributed by atoms with Crippen molar-refractivity contribution in [1.29, 1.82) is 0 Å². The molecule has 0 unspecified atom stereocenters. The van der Waals surface area contributed by atoms with Crippen molar-refractivity contribution < 1.29 is 23.9 Å². The Morgan fingerprint density at radius 1 is 1.02 bits per heavy atom. The second kappa shape index (κ2) is 18.5. The molecule has 1 aliphatic heterocycles. The van der Waals surface area contributed by atoms with Crippen molar-refractivity contribution in [3.63, 3.8) is 0 Å². The molecule has 0 saturated heterocycles. The van der Waals surface area contributed by atoms with Crippen molar-refractivity contribution in [2.45, 2.75) is 19.6 Å². The van der Waals surface area contributed by atoms with Crippen LogP contribution in [0.3, 0.4) is 0 Å². The molecular weight excluding hydrogens is 809 g/mol. The molecule has 5 rings (SSSR count). The van der Waals surface area contributed by atoms with Gasteiger partial charge >= 0.3 is 0 Å². The van der Waals surface area contributed by atoms with E-state index in [1.165, 1.54) is 18.1 Å². The van der Waals surface area contributed by atoms with Crippen LogP contribution in [0.2, 0.25) is 5.02 Å². The molecule has 0 radical (unpaired) electrons. The highest BCUT2D eigenvalue weighted by atomic mass is 127. The molecule has 8 nitrogen and oxygen atoms in total.